The highest BCUT2D eigenvalue weighted by Gasteiger charge is 2.29. The zero-order valence-electron chi connectivity index (χ0n) is 16.3. The van der Waals surface area contributed by atoms with Gasteiger partial charge in [-0.25, -0.2) is 0 Å². The molecule has 0 radical (unpaired) electrons. The Balaban J connectivity index is 1.76. The van der Waals surface area contributed by atoms with Crippen molar-refractivity contribution in [1.82, 2.24) is 15.1 Å². The summed E-state index contributed by atoms with van der Waals surface area (Å²) in [5.74, 6) is -1.80. The minimum Gasteiger partial charge on any atom is -0.481 e. The fourth-order valence-electron chi connectivity index (χ4n) is 3.81. The number of aliphatic carboxylic acids is 1. The number of likely N-dealkylation sites (tertiary alicyclic amines) is 1. The lowest BCUT2D eigenvalue weighted by molar-refractivity contribution is -0.147. The molecule has 152 valence electrons. The first-order chi connectivity index (χ1) is 12.8. The van der Waals surface area contributed by atoms with Crippen LogP contribution in [0.15, 0.2) is 0 Å². The Morgan fingerprint density at radius 2 is 1.74 bits per heavy atom. The minimum atomic E-state index is -0.885. The van der Waals surface area contributed by atoms with Crippen molar-refractivity contribution in [2.45, 2.75) is 57.9 Å². The third kappa shape index (κ3) is 6.22. The Hall–Kier alpha value is -2.12. The molecule has 8 heteroatoms. The molecule has 1 saturated heterocycles. The van der Waals surface area contributed by atoms with Gasteiger partial charge in [-0.2, -0.15) is 0 Å². The van der Waals surface area contributed by atoms with E-state index in [0.29, 0.717) is 19.4 Å². The topological polar surface area (TPSA) is 107 Å². The van der Waals surface area contributed by atoms with Crippen molar-refractivity contribution in [2.24, 2.45) is 11.8 Å². The van der Waals surface area contributed by atoms with Crippen LogP contribution >= 0.6 is 0 Å². The van der Waals surface area contributed by atoms with Gasteiger partial charge >= 0.3 is 5.97 Å². The third-order valence-corrected chi connectivity index (χ3v) is 5.52. The number of hydrogen-bond acceptors (Lipinski definition) is 4. The van der Waals surface area contributed by atoms with E-state index in [4.69, 9.17) is 5.11 Å². The van der Waals surface area contributed by atoms with E-state index in [2.05, 4.69) is 5.32 Å². The van der Waals surface area contributed by atoms with Gasteiger partial charge in [0.2, 0.25) is 17.7 Å². The van der Waals surface area contributed by atoms with Crippen molar-refractivity contribution < 1.29 is 24.3 Å². The maximum absolute atomic E-state index is 12.4. The van der Waals surface area contributed by atoms with Crippen LogP contribution in [0.2, 0.25) is 0 Å². The summed E-state index contributed by atoms with van der Waals surface area (Å²) in [7, 11) is 1.56. The van der Waals surface area contributed by atoms with Crippen molar-refractivity contribution in [3.8, 4) is 0 Å². The largest absolute Gasteiger partial charge is 0.481 e. The van der Waals surface area contributed by atoms with Crippen LogP contribution < -0.4 is 5.32 Å². The average Bonchev–Trinajstić information content (AvgIpc) is 3.16. The van der Waals surface area contributed by atoms with E-state index in [0.717, 1.165) is 25.7 Å². The lowest BCUT2D eigenvalue weighted by atomic mass is 9.98. The normalized spacial score (nSPS) is 21.6. The van der Waals surface area contributed by atoms with Crippen LogP contribution in [0, 0.1) is 11.8 Å². The number of rotatable bonds is 7. The summed E-state index contributed by atoms with van der Waals surface area (Å²) >= 11 is 0. The van der Waals surface area contributed by atoms with E-state index in [1.54, 1.807) is 14.0 Å². The summed E-state index contributed by atoms with van der Waals surface area (Å²) in [5, 5.41) is 12.0. The quantitative estimate of drug-likeness (QED) is 0.680. The Bertz CT molecular complexity index is 574. The maximum atomic E-state index is 12.4. The molecule has 27 heavy (non-hydrogen) atoms. The third-order valence-electron chi connectivity index (χ3n) is 5.52. The van der Waals surface area contributed by atoms with Gasteiger partial charge in [0.1, 0.15) is 0 Å². The van der Waals surface area contributed by atoms with Crippen LogP contribution in [0.5, 0.6) is 0 Å². The van der Waals surface area contributed by atoms with Crippen LogP contribution in [0.25, 0.3) is 0 Å². The van der Waals surface area contributed by atoms with Crippen LogP contribution in [-0.2, 0) is 19.2 Å². The summed E-state index contributed by atoms with van der Waals surface area (Å²) in [6.07, 6.45) is 5.35. The second-order valence-electron chi connectivity index (χ2n) is 7.86. The van der Waals surface area contributed by atoms with Gasteiger partial charge in [-0.15, -0.1) is 0 Å². The number of carboxylic acids is 1. The highest BCUT2D eigenvalue weighted by Crippen LogP contribution is 2.24. The van der Waals surface area contributed by atoms with Crippen molar-refractivity contribution >= 4 is 23.7 Å². The molecule has 2 rings (SSSR count). The van der Waals surface area contributed by atoms with E-state index >= 15 is 0 Å². The van der Waals surface area contributed by atoms with Gasteiger partial charge in [-0.3, -0.25) is 19.2 Å². The monoisotopic (exact) mass is 381 g/mol. The van der Waals surface area contributed by atoms with Gasteiger partial charge in [-0.05, 0) is 32.6 Å². The number of carbonyl (C=O) groups is 4. The number of amides is 3. The number of nitrogens with one attached hydrogen (secondary N) is 1. The summed E-state index contributed by atoms with van der Waals surface area (Å²) in [6.45, 7) is 2.44. The molecule has 0 aromatic heterocycles. The molecule has 3 amide bonds. The summed E-state index contributed by atoms with van der Waals surface area (Å²) in [4.78, 5) is 50.9. The predicted octanol–water partition coefficient (Wildman–Crippen LogP) is 0.853. The zero-order valence-corrected chi connectivity index (χ0v) is 16.3. The summed E-state index contributed by atoms with van der Waals surface area (Å²) < 4.78 is 0. The second-order valence-corrected chi connectivity index (χ2v) is 7.86. The highest BCUT2D eigenvalue weighted by molar-refractivity contribution is 5.86. The SMILES string of the molecule is CC(CC(=O)N(C)CC(=O)N1CCCC(C(=O)O)C1)NC(=O)C1CCCC1. The smallest absolute Gasteiger partial charge is 0.308 e. The van der Waals surface area contributed by atoms with E-state index in [1.807, 2.05) is 0 Å². The first kappa shape index (κ1) is 21.2. The molecule has 1 saturated carbocycles. The number of hydrogen-bond donors (Lipinski definition) is 2. The molecule has 2 atom stereocenters. The van der Waals surface area contributed by atoms with Crippen LogP contribution in [0.3, 0.4) is 0 Å². The van der Waals surface area contributed by atoms with Gasteiger partial charge in [-0.1, -0.05) is 12.8 Å². The zero-order chi connectivity index (χ0) is 20.0. The molecule has 8 nitrogen and oxygen atoms in total. The van der Waals surface area contributed by atoms with E-state index in [9.17, 15) is 19.2 Å². The van der Waals surface area contributed by atoms with Gasteiger partial charge in [0, 0.05) is 38.5 Å². The number of piperidine rings is 1. The van der Waals surface area contributed by atoms with Crippen LogP contribution in [0.4, 0.5) is 0 Å². The second kappa shape index (κ2) is 9.71. The fraction of sp³-hybridized carbons (Fsp3) is 0.789. The molecular formula is C19H31N3O5. The van der Waals surface area contributed by atoms with Gasteiger partial charge in [0.05, 0.1) is 12.5 Å². The summed E-state index contributed by atoms with van der Waals surface area (Å²) in [5.41, 5.74) is 0. The highest BCUT2D eigenvalue weighted by atomic mass is 16.4. The minimum absolute atomic E-state index is 0.0135. The maximum Gasteiger partial charge on any atom is 0.308 e. The van der Waals surface area contributed by atoms with Crippen molar-refractivity contribution in [2.75, 3.05) is 26.7 Å². The Morgan fingerprint density at radius 3 is 2.37 bits per heavy atom. The first-order valence-electron chi connectivity index (χ1n) is 9.82. The predicted molar refractivity (Wildman–Crippen MR) is 98.8 cm³/mol. The molecule has 0 aromatic rings. The summed E-state index contributed by atoms with van der Waals surface area (Å²) in [6, 6.07) is -0.283. The lowest BCUT2D eigenvalue weighted by Gasteiger charge is -2.32. The lowest BCUT2D eigenvalue weighted by Crippen LogP contribution is -2.47. The molecular weight excluding hydrogens is 350 g/mol. The van der Waals surface area contributed by atoms with Gasteiger partial charge < -0.3 is 20.2 Å². The molecule has 0 spiro atoms. The Morgan fingerprint density at radius 1 is 1.11 bits per heavy atom. The molecule has 2 unspecified atom stereocenters. The number of likely N-dealkylation sites (N-methyl/N-ethyl adjacent to an activating group) is 1. The fourth-order valence-corrected chi connectivity index (χ4v) is 3.81. The van der Waals surface area contributed by atoms with E-state index < -0.39 is 11.9 Å². The number of nitrogens with zero attached hydrogens (tertiary/aromatic N) is 2. The molecule has 0 bridgehead atoms. The number of carbonyl (C=O) groups excluding carboxylic acids is 3. The van der Waals surface area contributed by atoms with E-state index in [-0.39, 0.29) is 49.2 Å². The molecule has 1 aliphatic heterocycles. The molecule has 1 heterocycles. The number of carboxylic acid groups (broad SMARTS) is 1. The molecule has 2 fully saturated rings. The van der Waals surface area contributed by atoms with Crippen molar-refractivity contribution in [3.63, 3.8) is 0 Å². The van der Waals surface area contributed by atoms with Gasteiger partial charge in [0.15, 0.2) is 0 Å². The van der Waals surface area contributed by atoms with E-state index in [1.165, 1.54) is 9.80 Å². The molecule has 2 aliphatic rings. The van der Waals surface area contributed by atoms with Crippen molar-refractivity contribution in [3.05, 3.63) is 0 Å². The molecule has 2 N–H and O–H groups in total. The molecule has 0 aromatic carbocycles. The Kier molecular flexibility index (Phi) is 7.62. The van der Waals surface area contributed by atoms with Crippen LogP contribution in [-0.4, -0.2) is 71.3 Å². The first-order valence-corrected chi connectivity index (χ1v) is 9.82. The van der Waals surface area contributed by atoms with Gasteiger partial charge in [0.25, 0.3) is 0 Å². The Labute approximate surface area is 160 Å². The molecule has 1 aliphatic carbocycles. The van der Waals surface area contributed by atoms with Crippen molar-refractivity contribution in [1.29, 1.82) is 0 Å². The standard InChI is InChI=1S/C19H31N3O5/c1-13(20-18(25)14-6-3-4-7-14)10-16(23)21(2)12-17(24)22-9-5-8-15(11-22)19(26)27/h13-15H,3-12H2,1-2H3,(H,20,25)(H,26,27). The van der Waals surface area contributed by atoms with Crippen LogP contribution in [0.1, 0.15) is 51.9 Å². The average molecular weight is 381 g/mol.